The molecule has 0 unspecified atom stereocenters. The van der Waals surface area contributed by atoms with E-state index in [0.29, 0.717) is 5.56 Å². The SMILES string of the molecule is Cc1coc(NC(=O)c2cc(Br)cc(Br)c2)n1. The van der Waals surface area contributed by atoms with Crippen molar-refractivity contribution in [3.05, 3.63) is 44.7 Å². The normalized spacial score (nSPS) is 10.3. The van der Waals surface area contributed by atoms with E-state index in [4.69, 9.17) is 4.42 Å². The van der Waals surface area contributed by atoms with Crippen LogP contribution in [-0.2, 0) is 0 Å². The van der Waals surface area contributed by atoms with Crippen LogP contribution in [0.15, 0.2) is 37.8 Å². The molecule has 0 saturated heterocycles. The molecule has 0 fully saturated rings. The molecule has 1 heterocycles. The van der Waals surface area contributed by atoms with Gasteiger partial charge in [0.1, 0.15) is 6.26 Å². The highest BCUT2D eigenvalue weighted by atomic mass is 79.9. The second-order valence-electron chi connectivity index (χ2n) is 3.41. The highest BCUT2D eigenvalue weighted by Crippen LogP contribution is 2.20. The third kappa shape index (κ3) is 3.17. The lowest BCUT2D eigenvalue weighted by atomic mass is 10.2. The topological polar surface area (TPSA) is 55.1 Å². The Labute approximate surface area is 115 Å². The van der Waals surface area contributed by atoms with Gasteiger partial charge in [-0.2, -0.15) is 4.98 Å². The van der Waals surface area contributed by atoms with Gasteiger partial charge < -0.3 is 4.42 Å². The van der Waals surface area contributed by atoms with Crippen LogP contribution in [0.3, 0.4) is 0 Å². The number of nitrogens with zero attached hydrogens (tertiary/aromatic N) is 1. The summed E-state index contributed by atoms with van der Waals surface area (Å²) in [5, 5.41) is 2.58. The molecular formula is C11H8Br2N2O2. The largest absolute Gasteiger partial charge is 0.432 e. The minimum absolute atomic E-state index is 0.198. The highest BCUT2D eigenvalue weighted by Gasteiger charge is 2.10. The summed E-state index contributed by atoms with van der Waals surface area (Å²) < 4.78 is 6.69. The molecule has 1 amide bonds. The van der Waals surface area contributed by atoms with Crippen LogP contribution in [0.5, 0.6) is 0 Å². The Bertz CT molecular complexity index is 546. The van der Waals surface area contributed by atoms with Crippen LogP contribution >= 0.6 is 31.9 Å². The van der Waals surface area contributed by atoms with E-state index in [1.165, 1.54) is 6.26 Å². The molecule has 88 valence electrons. The molecule has 0 bridgehead atoms. The van der Waals surface area contributed by atoms with E-state index in [1.807, 2.05) is 6.07 Å². The van der Waals surface area contributed by atoms with Crippen molar-refractivity contribution in [1.29, 1.82) is 0 Å². The number of carbonyl (C=O) groups excluding carboxylic acids is 1. The van der Waals surface area contributed by atoms with Gasteiger partial charge in [0.2, 0.25) is 0 Å². The van der Waals surface area contributed by atoms with Crippen LogP contribution < -0.4 is 5.32 Å². The molecule has 1 aromatic carbocycles. The van der Waals surface area contributed by atoms with Gasteiger partial charge in [-0.1, -0.05) is 31.9 Å². The fourth-order valence-corrected chi connectivity index (χ4v) is 2.56. The van der Waals surface area contributed by atoms with Crippen molar-refractivity contribution in [2.24, 2.45) is 0 Å². The van der Waals surface area contributed by atoms with Gasteiger partial charge in [0, 0.05) is 14.5 Å². The van der Waals surface area contributed by atoms with Crippen LogP contribution in [-0.4, -0.2) is 10.9 Å². The van der Waals surface area contributed by atoms with Crippen molar-refractivity contribution in [1.82, 2.24) is 4.98 Å². The summed E-state index contributed by atoms with van der Waals surface area (Å²) in [7, 11) is 0. The maximum absolute atomic E-state index is 11.9. The lowest BCUT2D eigenvalue weighted by Gasteiger charge is -2.02. The molecule has 6 heteroatoms. The first-order valence-electron chi connectivity index (χ1n) is 4.74. The number of aryl methyl sites for hydroxylation is 1. The smallest absolute Gasteiger partial charge is 0.301 e. The Morgan fingerprint density at radius 2 is 1.94 bits per heavy atom. The number of aromatic nitrogens is 1. The summed E-state index contributed by atoms with van der Waals surface area (Å²) in [4.78, 5) is 15.9. The standard InChI is InChI=1S/C11H8Br2N2O2/c1-6-5-17-11(14-6)15-10(16)7-2-8(12)4-9(13)3-7/h2-5H,1H3,(H,14,15,16). The van der Waals surface area contributed by atoms with E-state index in [1.54, 1.807) is 19.1 Å². The van der Waals surface area contributed by atoms with Gasteiger partial charge in [0.25, 0.3) is 5.91 Å². The Morgan fingerprint density at radius 3 is 2.47 bits per heavy atom. The van der Waals surface area contributed by atoms with Gasteiger partial charge in [0.05, 0.1) is 5.69 Å². The van der Waals surface area contributed by atoms with E-state index < -0.39 is 0 Å². The van der Waals surface area contributed by atoms with Gasteiger partial charge >= 0.3 is 6.01 Å². The molecule has 4 nitrogen and oxygen atoms in total. The lowest BCUT2D eigenvalue weighted by Crippen LogP contribution is -2.12. The average molecular weight is 360 g/mol. The third-order valence-corrected chi connectivity index (χ3v) is 2.88. The molecule has 0 spiro atoms. The number of nitrogens with one attached hydrogen (secondary N) is 1. The van der Waals surface area contributed by atoms with Gasteiger partial charge in [-0.3, -0.25) is 10.1 Å². The van der Waals surface area contributed by atoms with E-state index in [9.17, 15) is 4.79 Å². The number of hydrogen-bond donors (Lipinski definition) is 1. The Kier molecular flexibility index (Phi) is 3.63. The van der Waals surface area contributed by atoms with E-state index in [0.717, 1.165) is 14.6 Å². The summed E-state index contributed by atoms with van der Waals surface area (Å²) >= 11 is 6.64. The zero-order chi connectivity index (χ0) is 12.4. The van der Waals surface area contributed by atoms with Crippen molar-refractivity contribution in [3.8, 4) is 0 Å². The van der Waals surface area contributed by atoms with Crippen molar-refractivity contribution < 1.29 is 9.21 Å². The molecule has 1 aromatic heterocycles. The molecule has 0 atom stereocenters. The summed E-state index contributed by atoms with van der Waals surface area (Å²) in [6.07, 6.45) is 1.48. The first-order chi connectivity index (χ1) is 8.04. The highest BCUT2D eigenvalue weighted by molar-refractivity contribution is 9.11. The Hall–Kier alpha value is -1.14. The molecule has 0 aliphatic rings. The van der Waals surface area contributed by atoms with Crippen molar-refractivity contribution in [2.75, 3.05) is 5.32 Å². The molecule has 2 aromatic rings. The molecular weight excluding hydrogens is 352 g/mol. The van der Waals surface area contributed by atoms with Crippen LogP contribution in [0.25, 0.3) is 0 Å². The molecule has 0 radical (unpaired) electrons. The van der Waals surface area contributed by atoms with Gasteiger partial charge in [0.15, 0.2) is 0 Å². The Balaban J connectivity index is 2.19. The number of benzene rings is 1. The number of halogens is 2. The van der Waals surface area contributed by atoms with E-state index >= 15 is 0 Å². The number of oxazole rings is 1. The maximum Gasteiger partial charge on any atom is 0.301 e. The molecule has 0 saturated carbocycles. The second-order valence-corrected chi connectivity index (χ2v) is 5.24. The lowest BCUT2D eigenvalue weighted by molar-refractivity contribution is 0.102. The predicted molar refractivity (Wildman–Crippen MR) is 71.0 cm³/mol. The number of anilines is 1. The first kappa shape index (κ1) is 12.3. The molecule has 0 aliphatic heterocycles. The van der Waals surface area contributed by atoms with Crippen LogP contribution in [0, 0.1) is 6.92 Å². The first-order valence-corrected chi connectivity index (χ1v) is 6.33. The molecule has 1 N–H and O–H groups in total. The summed E-state index contributed by atoms with van der Waals surface area (Å²) in [5.74, 6) is -0.270. The van der Waals surface area contributed by atoms with Gasteiger partial charge in [-0.05, 0) is 25.1 Å². The Morgan fingerprint density at radius 1 is 1.29 bits per heavy atom. The third-order valence-electron chi connectivity index (χ3n) is 1.96. The summed E-state index contributed by atoms with van der Waals surface area (Å²) in [5.41, 5.74) is 1.23. The van der Waals surface area contributed by atoms with Crippen molar-refractivity contribution >= 4 is 43.8 Å². The maximum atomic E-state index is 11.9. The summed E-state index contributed by atoms with van der Waals surface area (Å²) in [6, 6.07) is 5.49. The quantitative estimate of drug-likeness (QED) is 0.888. The van der Waals surface area contributed by atoms with Crippen molar-refractivity contribution in [3.63, 3.8) is 0 Å². The number of hydrogen-bond acceptors (Lipinski definition) is 3. The van der Waals surface area contributed by atoms with Crippen molar-refractivity contribution in [2.45, 2.75) is 6.92 Å². The average Bonchev–Trinajstić information content (AvgIpc) is 2.62. The number of rotatable bonds is 2. The zero-order valence-corrected chi connectivity index (χ0v) is 12.0. The van der Waals surface area contributed by atoms with Gasteiger partial charge in [-0.15, -0.1) is 0 Å². The molecule has 17 heavy (non-hydrogen) atoms. The van der Waals surface area contributed by atoms with Crippen LogP contribution in [0.1, 0.15) is 16.1 Å². The summed E-state index contributed by atoms with van der Waals surface area (Å²) in [6.45, 7) is 1.79. The number of carbonyl (C=O) groups is 1. The van der Waals surface area contributed by atoms with E-state index in [2.05, 4.69) is 42.2 Å². The number of amides is 1. The minimum atomic E-state index is -0.270. The monoisotopic (exact) mass is 358 g/mol. The van der Waals surface area contributed by atoms with Crippen LogP contribution in [0.4, 0.5) is 6.01 Å². The molecule has 2 rings (SSSR count). The zero-order valence-electron chi connectivity index (χ0n) is 8.83. The molecule has 0 aliphatic carbocycles. The van der Waals surface area contributed by atoms with Crippen LogP contribution in [0.2, 0.25) is 0 Å². The van der Waals surface area contributed by atoms with E-state index in [-0.39, 0.29) is 11.9 Å². The predicted octanol–water partition coefficient (Wildman–Crippen LogP) is 3.76. The second kappa shape index (κ2) is 5.01. The van der Waals surface area contributed by atoms with Gasteiger partial charge in [-0.25, -0.2) is 0 Å². The fourth-order valence-electron chi connectivity index (χ4n) is 1.27. The fraction of sp³-hybridized carbons (Fsp3) is 0.0909. The minimum Gasteiger partial charge on any atom is -0.432 e.